The van der Waals surface area contributed by atoms with E-state index in [2.05, 4.69) is 123 Å². The highest BCUT2D eigenvalue weighted by atomic mass is 28.4. The number of unbranched alkanes of at least 4 members (excludes halogenated alkanes) is 2. The van der Waals surface area contributed by atoms with Crippen molar-refractivity contribution in [2.45, 2.75) is 89.8 Å². The van der Waals surface area contributed by atoms with Gasteiger partial charge in [-0.15, -0.1) is 0 Å². The van der Waals surface area contributed by atoms with Gasteiger partial charge in [0.1, 0.15) is 24.2 Å². The number of rotatable bonds is 18. The molecule has 0 spiro atoms. The van der Waals surface area contributed by atoms with Crippen molar-refractivity contribution in [3.05, 3.63) is 115 Å². The van der Waals surface area contributed by atoms with Crippen molar-refractivity contribution in [2.24, 2.45) is 0 Å². The van der Waals surface area contributed by atoms with E-state index in [1.165, 1.54) is 15.9 Å². The highest BCUT2D eigenvalue weighted by Gasteiger charge is 2.52. The molecule has 1 amide bonds. The molecule has 8 heteroatoms. The van der Waals surface area contributed by atoms with Crippen LogP contribution in [0.5, 0.6) is 11.5 Å². The molecule has 5 rings (SSSR count). The minimum Gasteiger partial charge on any atom is -0.534 e. The zero-order valence-electron chi connectivity index (χ0n) is 31.7. The molecule has 0 bridgehead atoms. The molecule has 1 aliphatic rings. The van der Waals surface area contributed by atoms with Gasteiger partial charge in [-0.2, -0.15) is 0 Å². The summed E-state index contributed by atoms with van der Waals surface area (Å²) >= 11 is 0. The minimum atomic E-state index is -2.71. The van der Waals surface area contributed by atoms with Crippen molar-refractivity contribution in [3.63, 3.8) is 0 Å². The molecule has 0 radical (unpaired) electrons. The summed E-state index contributed by atoms with van der Waals surface area (Å²) in [5.74, 6) is 1.82. The van der Waals surface area contributed by atoms with Crippen LogP contribution in [0.2, 0.25) is 5.04 Å². The Morgan fingerprint density at radius 2 is 1.44 bits per heavy atom. The van der Waals surface area contributed by atoms with Gasteiger partial charge in [0.2, 0.25) is 5.91 Å². The maximum Gasteiger partial charge on any atom is 0.319 e. The summed E-state index contributed by atoms with van der Waals surface area (Å²) in [5, 5.41) is 20.0. The van der Waals surface area contributed by atoms with E-state index < -0.39 is 14.4 Å². The highest BCUT2D eigenvalue weighted by molar-refractivity contribution is 7.00. The molecule has 0 aliphatic carbocycles. The molecule has 4 aromatic carbocycles. The Bertz CT molecular complexity index is 1580. The predicted octanol–water partition coefficient (Wildman–Crippen LogP) is 7.18. The Labute approximate surface area is 312 Å². The number of hydrogen-bond acceptors (Lipinski definition) is 6. The Kier molecular flexibility index (Phi) is 14.4. The third-order valence-corrected chi connectivity index (χ3v) is 15.0. The van der Waals surface area contributed by atoms with Crippen LogP contribution in [0, 0.1) is 0 Å². The molecule has 52 heavy (non-hydrogen) atoms. The average Bonchev–Trinajstić information content (AvgIpc) is 3.16. The van der Waals surface area contributed by atoms with Crippen LogP contribution in [0.15, 0.2) is 109 Å². The topological polar surface area (TPSA) is 83.1 Å². The van der Waals surface area contributed by atoms with E-state index in [1.54, 1.807) is 0 Å². The molecule has 4 aromatic rings. The van der Waals surface area contributed by atoms with Crippen molar-refractivity contribution in [1.29, 1.82) is 0 Å². The van der Waals surface area contributed by atoms with Gasteiger partial charge in [-0.25, -0.2) is 0 Å². The number of aliphatic hydroxyl groups excluding tert-OH is 1. The van der Waals surface area contributed by atoms with E-state index in [0.29, 0.717) is 30.7 Å². The Hall–Kier alpha value is -4.11. The number of carbonyl (C=O) groups excluding carboxylic acids is 1. The van der Waals surface area contributed by atoms with E-state index in [4.69, 9.17) is 9.16 Å². The van der Waals surface area contributed by atoms with Gasteiger partial charge in [-0.05, 0) is 89.6 Å². The molecule has 1 atom stereocenters. The lowest BCUT2D eigenvalue weighted by atomic mass is 10.0. The zero-order valence-corrected chi connectivity index (χ0v) is 32.7. The van der Waals surface area contributed by atoms with Crippen molar-refractivity contribution in [1.82, 2.24) is 10.2 Å². The first-order chi connectivity index (χ1) is 25.2. The molecule has 3 N–H and O–H groups in total. The number of ether oxygens (including phenoxy) is 1. The number of aliphatic hydroxyl groups is 1. The Balaban J connectivity index is 1.03. The number of nitrogens with zero attached hydrogens (tertiary/aromatic N) is 1. The number of hydrogen-bond donors (Lipinski definition) is 3. The van der Waals surface area contributed by atoms with Crippen molar-refractivity contribution < 1.29 is 19.1 Å². The van der Waals surface area contributed by atoms with Crippen LogP contribution in [0.4, 0.5) is 5.69 Å². The van der Waals surface area contributed by atoms with Crippen molar-refractivity contribution in [2.75, 3.05) is 38.1 Å². The van der Waals surface area contributed by atoms with E-state index in [0.717, 1.165) is 69.6 Å². The summed E-state index contributed by atoms with van der Waals surface area (Å²) in [4.78, 5) is 14.5. The third-order valence-electron chi connectivity index (χ3n) is 10.1. The number of carbonyl (C=O) groups is 1. The van der Waals surface area contributed by atoms with Crippen LogP contribution in [-0.4, -0.2) is 69.2 Å². The molecule has 0 saturated carbocycles. The monoisotopic (exact) mass is 721 g/mol. The first kappa shape index (κ1) is 39.1. The molecule has 1 fully saturated rings. The van der Waals surface area contributed by atoms with Gasteiger partial charge >= 0.3 is 8.32 Å². The number of nitrogens with one attached hydrogen (secondary N) is 2. The molecule has 0 unspecified atom stereocenters. The largest absolute Gasteiger partial charge is 0.534 e. The summed E-state index contributed by atoms with van der Waals surface area (Å²) in [6.07, 6.45) is 6.18. The molecule has 0 aromatic heterocycles. The van der Waals surface area contributed by atoms with E-state index in [1.807, 2.05) is 29.2 Å². The fourth-order valence-corrected chi connectivity index (χ4v) is 11.6. The summed E-state index contributed by atoms with van der Waals surface area (Å²) < 4.78 is 13.1. The second-order valence-electron chi connectivity index (χ2n) is 15.1. The molecule has 7 nitrogen and oxygen atoms in total. The van der Waals surface area contributed by atoms with Crippen LogP contribution in [0.3, 0.4) is 0 Å². The van der Waals surface area contributed by atoms with Gasteiger partial charge in [0.25, 0.3) is 0 Å². The van der Waals surface area contributed by atoms with Crippen LogP contribution < -0.4 is 30.2 Å². The second-order valence-corrected chi connectivity index (χ2v) is 19.3. The fourth-order valence-electron chi connectivity index (χ4n) is 7.14. The number of benzene rings is 4. The van der Waals surface area contributed by atoms with Gasteiger partial charge in [0.15, 0.2) is 0 Å². The molecule has 1 heterocycles. The number of likely N-dealkylation sites (tertiary alicyclic amines) is 1. The summed E-state index contributed by atoms with van der Waals surface area (Å²) in [7, 11) is -2.71. The number of amides is 1. The van der Waals surface area contributed by atoms with Crippen LogP contribution in [0.25, 0.3) is 0 Å². The third kappa shape index (κ3) is 10.7. The fraction of sp³-hybridized carbons (Fsp3) is 0.432. The quantitative estimate of drug-likeness (QED) is 0.0747. The Morgan fingerprint density at radius 3 is 2.02 bits per heavy atom. The first-order valence-corrected chi connectivity index (χ1v) is 21.1. The lowest BCUT2D eigenvalue weighted by Crippen LogP contribution is -2.68. The second kappa shape index (κ2) is 19.1. The molecular weight excluding hydrogens is 663 g/mol. The summed E-state index contributed by atoms with van der Waals surface area (Å²) in [5.41, 5.74) is 2.37. The predicted molar refractivity (Wildman–Crippen MR) is 217 cm³/mol. The average molecular weight is 722 g/mol. The molecule has 1 aliphatic heterocycles. The van der Waals surface area contributed by atoms with Gasteiger partial charge in [0, 0.05) is 37.8 Å². The highest BCUT2D eigenvalue weighted by Crippen LogP contribution is 2.38. The van der Waals surface area contributed by atoms with Crippen LogP contribution in [-0.2, 0) is 11.2 Å². The smallest absolute Gasteiger partial charge is 0.319 e. The maximum atomic E-state index is 12.4. The lowest BCUT2D eigenvalue weighted by molar-refractivity contribution is -0.132. The van der Waals surface area contributed by atoms with Crippen LogP contribution >= 0.6 is 0 Å². The zero-order chi connectivity index (χ0) is 36.8. The van der Waals surface area contributed by atoms with Gasteiger partial charge in [-0.3, -0.25) is 4.79 Å². The lowest BCUT2D eigenvalue weighted by Gasteiger charge is -2.43. The Morgan fingerprint density at radius 1 is 0.846 bits per heavy atom. The van der Waals surface area contributed by atoms with Crippen LogP contribution in [0.1, 0.15) is 71.8 Å². The number of anilines is 1. The SMILES string of the molecule is CCCCCC(=O)N1CCC(Nc2ccc(CCNC[C@H](O)COc3ccc(O[Si](c4ccccc4)(c4ccccc4)C(C)(C)C)cc3)cc2)CC1. The van der Waals surface area contributed by atoms with Gasteiger partial charge in [-0.1, -0.05) is 113 Å². The molecular formula is C44H59N3O4Si. The molecule has 1 saturated heterocycles. The maximum absolute atomic E-state index is 12.4. The number of piperidine rings is 1. The van der Waals surface area contributed by atoms with Gasteiger partial charge in [0.05, 0.1) is 0 Å². The van der Waals surface area contributed by atoms with Gasteiger partial charge < -0.3 is 29.8 Å². The van der Waals surface area contributed by atoms with E-state index in [-0.39, 0.29) is 11.6 Å². The summed E-state index contributed by atoms with van der Waals surface area (Å²) in [6.45, 7) is 12.1. The normalized spacial score (nSPS) is 14.5. The van der Waals surface area contributed by atoms with Crippen molar-refractivity contribution >= 4 is 30.3 Å². The first-order valence-electron chi connectivity index (χ1n) is 19.2. The van der Waals surface area contributed by atoms with E-state index >= 15 is 0 Å². The molecule has 278 valence electrons. The standard InChI is InChI=1S/C44H59N3O4Si/c1-5-6-9-18-43(49)47-31-28-37(29-32-47)46-36-21-19-35(20-22-36)27-30-45-33-38(48)34-50-39-23-25-40(26-24-39)51-52(44(2,3)4,41-14-10-7-11-15-41)42-16-12-8-13-17-42/h7-8,10-17,19-26,37-38,45-46,48H,5-6,9,18,27-34H2,1-4H3/t38-/m0/s1. The van der Waals surface area contributed by atoms with Crippen molar-refractivity contribution in [3.8, 4) is 11.5 Å². The summed E-state index contributed by atoms with van der Waals surface area (Å²) in [6, 6.07) is 38.0. The minimum absolute atomic E-state index is 0.127. The van der Waals surface area contributed by atoms with E-state index in [9.17, 15) is 9.90 Å².